The van der Waals surface area contributed by atoms with Crippen molar-refractivity contribution < 1.29 is 9.47 Å². The topological polar surface area (TPSA) is 72.8 Å². The molecule has 0 saturated heterocycles. The molecule has 1 N–H and O–H groups in total. The number of rotatable bonds is 4. The minimum Gasteiger partial charge on any atom is -0.493 e. The summed E-state index contributed by atoms with van der Waals surface area (Å²) in [7, 11) is 3.15. The van der Waals surface area contributed by atoms with Crippen molar-refractivity contribution >= 4 is 5.65 Å². The van der Waals surface area contributed by atoms with Gasteiger partial charge in [-0.15, -0.1) is 0 Å². The molecular weight excluding hydrogens is 296 g/mol. The maximum absolute atomic E-state index is 12.1. The van der Waals surface area contributed by atoms with Gasteiger partial charge in [-0.1, -0.05) is 12.1 Å². The highest BCUT2D eigenvalue weighted by Crippen LogP contribution is 2.28. The third-order valence-electron chi connectivity index (χ3n) is 3.60. The van der Waals surface area contributed by atoms with Crippen LogP contribution in [-0.2, 0) is 6.42 Å². The Bertz CT molecular complexity index is 972. The Hall–Kier alpha value is -3.02. The van der Waals surface area contributed by atoms with E-state index < -0.39 is 0 Å². The maximum atomic E-state index is 12.1. The van der Waals surface area contributed by atoms with Crippen LogP contribution in [0, 0.1) is 0 Å². The minimum absolute atomic E-state index is 0.346. The van der Waals surface area contributed by atoms with Gasteiger partial charge in [-0.05, 0) is 23.8 Å². The highest BCUT2D eigenvalue weighted by molar-refractivity contribution is 5.44. The van der Waals surface area contributed by atoms with Crippen LogP contribution in [0.3, 0.4) is 0 Å². The van der Waals surface area contributed by atoms with Gasteiger partial charge in [0.25, 0.3) is 11.1 Å². The summed E-state index contributed by atoms with van der Waals surface area (Å²) in [5.41, 5.74) is 1.45. The first kappa shape index (κ1) is 14.9. The molecule has 3 aromatic rings. The van der Waals surface area contributed by atoms with E-state index in [0.717, 1.165) is 9.96 Å². The summed E-state index contributed by atoms with van der Waals surface area (Å²) in [6, 6.07) is 11.7. The Morgan fingerprint density at radius 1 is 0.957 bits per heavy atom. The summed E-state index contributed by atoms with van der Waals surface area (Å²) in [4.78, 5) is 27.0. The van der Waals surface area contributed by atoms with E-state index in [1.165, 1.54) is 12.1 Å². The molecule has 0 bridgehead atoms. The number of fused-ring (bicyclic) bond motifs is 1. The van der Waals surface area contributed by atoms with Gasteiger partial charge in [0.15, 0.2) is 11.5 Å². The molecule has 0 unspecified atom stereocenters. The van der Waals surface area contributed by atoms with Crippen LogP contribution in [0.1, 0.15) is 11.3 Å². The van der Waals surface area contributed by atoms with E-state index in [1.54, 1.807) is 26.4 Å². The average molecular weight is 312 g/mol. The van der Waals surface area contributed by atoms with E-state index in [0.29, 0.717) is 29.3 Å². The number of aromatic amines is 1. The Balaban J connectivity index is 2.02. The Kier molecular flexibility index (Phi) is 3.89. The highest BCUT2D eigenvalue weighted by atomic mass is 16.5. The largest absolute Gasteiger partial charge is 0.493 e. The van der Waals surface area contributed by atoms with Crippen molar-refractivity contribution in [1.82, 2.24) is 9.38 Å². The molecule has 118 valence electrons. The quantitative estimate of drug-likeness (QED) is 0.794. The van der Waals surface area contributed by atoms with Crippen LogP contribution >= 0.6 is 0 Å². The summed E-state index contributed by atoms with van der Waals surface area (Å²) < 4.78 is 11.6. The summed E-state index contributed by atoms with van der Waals surface area (Å²) in [5.74, 6) is 1.28. The number of hydrogen-bond donors (Lipinski definition) is 1. The van der Waals surface area contributed by atoms with Crippen LogP contribution in [0.5, 0.6) is 11.5 Å². The van der Waals surface area contributed by atoms with Gasteiger partial charge in [0.1, 0.15) is 5.65 Å². The van der Waals surface area contributed by atoms with Gasteiger partial charge in [0.2, 0.25) is 0 Å². The average Bonchev–Trinajstić information content (AvgIpc) is 2.54. The lowest BCUT2D eigenvalue weighted by atomic mass is 10.1. The second-order valence-corrected chi connectivity index (χ2v) is 5.08. The van der Waals surface area contributed by atoms with E-state index in [2.05, 4.69) is 4.98 Å². The fourth-order valence-electron chi connectivity index (χ4n) is 2.53. The van der Waals surface area contributed by atoms with Crippen molar-refractivity contribution in [2.45, 2.75) is 6.42 Å². The standard InChI is InChI=1S/C17H16N2O4/c1-22-13-7-6-11(9-14(13)23-2)8-12-10-17(21)19-15(18-12)4-3-5-16(19)20/h3-7,9-10,18H,8H2,1-2H3. The number of nitrogens with one attached hydrogen (secondary N) is 1. The van der Waals surface area contributed by atoms with Gasteiger partial charge in [0, 0.05) is 24.2 Å². The summed E-state index contributed by atoms with van der Waals surface area (Å²) in [5, 5.41) is 0. The van der Waals surface area contributed by atoms with Crippen molar-refractivity contribution in [1.29, 1.82) is 0 Å². The van der Waals surface area contributed by atoms with Crippen LogP contribution in [0.4, 0.5) is 0 Å². The molecule has 2 heterocycles. The predicted molar refractivity (Wildman–Crippen MR) is 86.6 cm³/mol. The van der Waals surface area contributed by atoms with Gasteiger partial charge in [-0.3, -0.25) is 9.59 Å². The molecular formula is C17H16N2O4. The first-order valence-corrected chi connectivity index (χ1v) is 7.07. The molecule has 6 heteroatoms. The number of nitrogens with zero attached hydrogens (tertiary/aromatic N) is 1. The molecule has 0 radical (unpaired) electrons. The number of benzene rings is 1. The lowest BCUT2D eigenvalue weighted by Gasteiger charge is -2.10. The molecule has 2 aromatic heterocycles. The van der Waals surface area contributed by atoms with Crippen molar-refractivity contribution in [2.24, 2.45) is 0 Å². The fourth-order valence-corrected chi connectivity index (χ4v) is 2.53. The number of H-pyrrole nitrogens is 1. The van der Waals surface area contributed by atoms with Crippen molar-refractivity contribution in [3.8, 4) is 11.5 Å². The zero-order valence-electron chi connectivity index (χ0n) is 12.8. The first-order chi connectivity index (χ1) is 11.1. The lowest BCUT2D eigenvalue weighted by molar-refractivity contribution is 0.354. The number of hydrogen-bond acceptors (Lipinski definition) is 4. The molecule has 23 heavy (non-hydrogen) atoms. The van der Waals surface area contributed by atoms with Gasteiger partial charge < -0.3 is 14.5 Å². The highest BCUT2D eigenvalue weighted by Gasteiger charge is 2.07. The summed E-state index contributed by atoms with van der Waals surface area (Å²) in [6.45, 7) is 0. The Labute approximate surface area is 131 Å². The van der Waals surface area contributed by atoms with E-state index in [4.69, 9.17) is 9.47 Å². The summed E-state index contributed by atoms with van der Waals surface area (Å²) >= 11 is 0. The first-order valence-electron chi connectivity index (χ1n) is 7.07. The monoisotopic (exact) mass is 312 g/mol. The van der Waals surface area contributed by atoms with E-state index in [-0.39, 0.29) is 11.1 Å². The number of methoxy groups -OCH3 is 2. The van der Waals surface area contributed by atoms with Gasteiger partial charge in [0.05, 0.1) is 14.2 Å². The van der Waals surface area contributed by atoms with Crippen molar-refractivity contribution in [2.75, 3.05) is 14.2 Å². The number of pyridine rings is 1. The molecule has 1 aromatic carbocycles. The van der Waals surface area contributed by atoms with Crippen molar-refractivity contribution in [3.05, 3.63) is 74.4 Å². The van der Waals surface area contributed by atoms with E-state index in [9.17, 15) is 9.59 Å². The second-order valence-electron chi connectivity index (χ2n) is 5.08. The molecule has 0 saturated carbocycles. The normalized spacial score (nSPS) is 10.7. The van der Waals surface area contributed by atoms with Gasteiger partial charge >= 0.3 is 0 Å². The molecule has 0 spiro atoms. The second kappa shape index (κ2) is 6.00. The molecule has 0 aliphatic rings. The van der Waals surface area contributed by atoms with Crippen LogP contribution in [0.25, 0.3) is 5.65 Å². The third kappa shape index (κ3) is 2.83. The molecule has 3 rings (SSSR count). The van der Waals surface area contributed by atoms with Crippen molar-refractivity contribution in [3.63, 3.8) is 0 Å². The molecule has 0 aliphatic carbocycles. The molecule has 6 nitrogen and oxygen atoms in total. The fraction of sp³-hybridized carbons (Fsp3) is 0.176. The lowest BCUT2D eigenvalue weighted by Crippen LogP contribution is -2.26. The summed E-state index contributed by atoms with van der Waals surface area (Å²) in [6.07, 6.45) is 0.509. The zero-order chi connectivity index (χ0) is 16.4. The van der Waals surface area contributed by atoms with Crippen LogP contribution in [0.2, 0.25) is 0 Å². The van der Waals surface area contributed by atoms with E-state index in [1.807, 2.05) is 18.2 Å². The Morgan fingerprint density at radius 3 is 2.48 bits per heavy atom. The molecule has 0 aliphatic heterocycles. The molecule has 0 fully saturated rings. The maximum Gasteiger partial charge on any atom is 0.260 e. The number of ether oxygens (including phenoxy) is 2. The smallest absolute Gasteiger partial charge is 0.260 e. The SMILES string of the molecule is COc1ccc(Cc2cc(=O)n3c(=O)cccc3[nH]2)cc1OC. The van der Waals surface area contributed by atoms with Crippen LogP contribution in [-0.4, -0.2) is 23.6 Å². The Morgan fingerprint density at radius 2 is 1.74 bits per heavy atom. The van der Waals surface area contributed by atoms with Crippen LogP contribution < -0.4 is 20.6 Å². The minimum atomic E-state index is -0.347. The molecule has 0 atom stereocenters. The number of aromatic nitrogens is 2. The third-order valence-corrected chi connectivity index (χ3v) is 3.60. The van der Waals surface area contributed by atoms with E-state index >= 15 is 0 Å². The predicted octanol–water partition coefficient (Wildman–Crippen LogP) is 1.60. The van der Waals surface area contributed by atoms with Gasteiger partial charge in [-0.25, -0.2) is 4.40 Å². The van der Waals surface area contributed by atoms with Gasteiger partial charge in [-0.2, -0.15) is 0 Å². The molecule has 0 amide bonds. The zero-order valence-corrected chi connectivity index (χ0v) is 12.8. The van der Waals surface area contributed by atoms with Crippen LogP contribution in [0.15, 0.2) is 52.1 Å².